The van der Waals surface area contributed by atoms with E-state index in [1.54, 1.807) is 12.1 Å². The molecular weight excluding hydrogens is 468 g/mol. The van der Waals surface area contributed by atoms with Crippen molar-refractivity contribution in [2.24, 2.45) is 0 Å². The van der Waals surface area contributed by atoms with E-state index in [1.165, 1.54) is 19.1 Å². The molecule has 0 radical (unpaired) electrons. The smallest absolute Gasteiger partial charge is 0.371 e. The zero-order chi connectivity index (χ0) is 26.4. The number of carboxylic acids is 1. The highest BCUT2D eigenvalue weighted by Crippen LogP contribution is 2.33. The first-order chi connectivity index (χ1) is 17.2. The summed E-state index contributed by atoms with van der Waals surface area (Å²) in [4.78, 5) is 35.3. The summed E-state index contributed by atoms with van der Waals surface area (Å²) >= 11 is 0. The Morgan fingerprint density at radius 3 is 2.28 bits per heavy atom. The Kier molecular flexibility index (Phi) is 8.71. The van der Waals surface area contributed by atoms with Gasteiger partial charge in [0.1, 0.15) is 42.1 Å². The molecule has 0 aliphatic carbocycles. The minimum atomic E-state index is -1.36. The Morgan fingerprint density at radius 1 is 1.00 bits per heavy atom. The van der Waals surface area contributed by atoms with Crippen LogP contribution in [0.15, 0.2) is 39.5 Å². The van der Waals surface area contributed by atoms with Crippen molar-refractivity contribution >= 4 is 22.7 Å². The Hall–Kier alpha value is -3.85. The van der Waals surface area contributed by atoms with Crippen molar-refractivity contribution in [1.82, 2.24) is 0 Å². The average molecular weight is 499 g/mol. The third-order valence-electron chi connectivity index (χ3n) is 5.62. The Bertz CT molecular complexity index is 1320. The standard InChI is InChI=1S/C27H30O9/c1-4-6-16-10-20-21(30)11-25(27(32)33)36-24(20)12-23(16)35-14-17(29)13-34-22-9-8-18(15(3)28)26(31)19(22)7-5-2/h8-12,17,29,31H,4-7,13-14H2,1-3H3,(H,32,33). The number of carboxylic acid groups (broad SMARTS) is 1. The molecule has 0 aliphatic heterocycles. The summed E-state index contributed by atoms with van der Waals surface area (Å²) in [5.74, 6) is -1.46. The van der Waals surface area contributed by atoms with Gasteiger partial charge >= 0.3 is 5.97 Å². The third-order valence-corrected chi connectivity index (χ3v) is 5.62. The van der Waals surface area contributed by atoms with Crippen molar-refractivity contribution < 1.29 is 38.8 Å². The maximum Gasteiger partial charge on any atom is 0.371 e. The van der Waals surface area contributed by atoms with Crippen molar-refractivity contribution in [3.8, 4) is 17.2 Å². The van der Waals surface area contributed by atoms with Crippen LogP contribution < -0.4 is 14.9 Å². The molecule has 1 atom stereocenters. The summed E-state index contributed by atoms with van der Waals surface area (Å²) in [6.45, 7) is 4.99. The Balaban J connectivity index is 1.77. The summed E-state index contributed by atoms with van der Waals surface area (Å²) in [5, 5.41) is 30.4. The lowest BCUT2D eigenvalue weighted by Gasteiger charge is -2.18. The van der Waals surface area contributed by atoms with Crippen LogP contribution in [0.3, 0.4) is 0 Å². The Labute approximate surface area is 207 Å². The summed E-state index contributed by atoms with van der Waals surface area (Å²) in [7, 11) is 0. The van der Waals surface area contributed by atoms with Crippen molar-refractivity contribution in [1.29, 1.82) is 0 Å². The number of Topliss-reactive ketones (excluding diaryl/α,β-unsaturated/α-hetero) is 1. The van der Waals surface area contributed by atoms with E-state index in [-0.39, 0.29) is 41.3 Å². The van der Waals surface area contributed by atoms with Crippen LogP contribution in [-0.4, -0.2) is 46.4 Å². The highest BCUT2D eigenvalue weighted by Gasteiger charge is 2.18. The second-order valence-electron chi connectivity index (χ2n) is 8.51. The molecule has 0 fully saturated rings. The molecule has 0 bridgehead atoms. The van der Waals surface area contributed by atoms with Gasteiger partial charge in [-0.15, -0.1) is 0 Å². The highest BCUT2D eigenvalue weighted by atomic mass is 16.5. The second-order valence-corrected chi connectivity index (χ2v) is 8.51. The van der Waals surface area contributed by atoms with E-state index in [4.69, 9.17) is 13.9 Å². The van der Waals surface area contributed by atoms with E-state index < -0.39 is 23.3 Å². The van der Waals surface area contributed by atoms with E-state index in [1.807, 2.05) is 13.8 Å². The van der Waals surface area contributed by atoms with Gasteiger partial charge in [-0.3, -0.25) is 9.59 Å². The maximum atomic E-state index is 12.4. The molecule has 1 aromatic heterocycles. The molecule has 9 heteroatoms. The first kappa shape index (κ1) is 26.7. The van der Waals surface area contributed by atoms with E-state index in [9.17, 15) is 29.7 Å². The number of benzene rings is 2. The van der Waals surface area contributed by atoms with Crippen LogP contribution >= 0.6 is 0 Å². The number of fused-ring (bicyclic) bond motifs is 1. The fraction of sp³-hybridized carbons (Fsp3) is 0.370. The number of rotatable bonds is 12. The monoisotopic (exact) mass is 498 g/mol. The van der Waals surface area contributed by atoms with Crippen LogP contribution in [0.5, 0.6) is 17.2 Å². The predicted molar refractivity (Wildman–Crippen MR) is 133 cm³/mol. The molecule has 0 aliphatic rings. The molecule has 9 nitrogen and oxygen atoms in total. The predicted octanol–water partition coefficient (Wildman–Crippen LogP) is 4.12. The quantitative estimate of drug-likeness (QED) is 0.314. The summed E-state index contributed by atoms with van der Waals surface area (Å²) in [6.07, 6.45) is 1.54. The van der Waals surface area contributed by atoms with Crippen LogP contribution in [0.2, 0.25) is 0 Å². The van der Waals surface area contributed by atoms with Crippen molar-refractivity contribution in [2.45, 2.75) is 52.6 Å². The number of carbonyl (C=O) groups is 2. The molecule has 1 unspecified atom stereocenters. The Morgan fingerprint density at radius 2 is 1.67 bits per heavy atom. The van der Waals surface area contributed by atoms with Crippen LogP contribution in [0, 0.1) is 0 Å². The normalized spacial score (nSPS) is 11.9. The molecule has 36 heavy (non-hydrogen) atoms. The van der Waals surface area contributed by atoms with Gasteiger partial charge in [0, 0.05) is 17.7 Å². The first-order valence-corrected chi connectivity index (χ1v) is 11.8. The zero-order valence-electron chi connectivity index (χ0n) is 20.5. The van der Waals surface area contributed by atoms with Crippen LogP contribution in [-0.2, 0) is 12.8 Å². The van der Waals surface area contributed by atoms with Gasteiger partial charge in [-0.05, 0) is 43.5 Å². The summed E-state index contributed by atoms with van der Waals surface area (Å²) in [6, 6.07) is 7.10. The van der Waals surface area contributed by atoms with Gasteiger partial charge in [-0.2, -0.15) is 0 Å². The molecule has 2 aromatic carbocycles. The van der Waals surface area contributed by atoms with Gasteiger partial charge in [0.2, 0.25) is 5.76 Å². The minimum Gasteiger partial charge on any atom is -0.507 e. The molecule has 3 N–H and O–H groups in total. The van der Waals surface area contributed by atoms with Gasteiger partial charge in [0.25, 0.3) is 0 Å². The van der Waals surface area contributed by atoms with Crippen LogP contribution in [0.25, 0.3) is 11.0 Å². The second kappa shape index (κ2) is 11.7. The lowest BCUT2D eigenvalue weighted by atomic mass is 10.0. The number of aryl methyl sites for hydroxylation is 1. The van der Waals surface area contributed by atoms with Gasteiger partial charge in [-0.25, -0.2) is 4.79 Å². The number of hydrogen-bond donors (Lipinski definition) is 3. The fourth-order valence-electron chi connectivity index (χ4n) is 3.88. The molecule has 0 saturated carbocycles. The number of ketones is 1. The van der Waals surface area contributed by atoms with E-state index >= 15 is 0 Å². The topological polar surface area (TPSA) is 144 Å². The van der Waals surface area contributed by atoms with Gasteiger partial charge < -0.3 is 29.2 Å². The highest BCUT2D eigenvalue weighted by molar-refractivity contribution is 5.97. The number of carbonyl (C=O) groups excluding carboxylic acids is 1. The number of aliphatic hydroxyl groups excluding tert-OH is 1. The molecule has 3 rings (SSSR count). The molecular formula is C27H30O9. The minimum absolute atomic E-state index is 0.0748. The van der Waals surface area contributed by atoms with Crippen LogP contribution in [0.4, 0.5) is 0 Å². The SMILES string of the molecule is CCCc1cc2c(=O)cc(C(=O)O)oc2cc1OCC(O)COc1ccc(C(C)=O)c(O)c1CCC. The van der Waals surface area contributed by atoms with Crippen LogP contribution in [0.1, 0.15) is 65.7 Å². The molecule has 0 amide bonds. The summed E-state index contributed by atoms with van der Waals surface area (Å²) in [5.41, 5.74) is 1.05. The number of ether oxygens (including phenoxy) is 2. The number of aromatic hydroxyl groups is 1. The van der Waals surface area contributed by atoms with E-state index in [0.717, 1.165) is 24.5 Å². The van der Waals surface area contributed by atoms with Gasteiger partial charge in [0.15, 0.2) is 11.2 Å². The van der Waals surface area contributed by atoms with Gasteiger partial charge in [-0.1, -0.05) is 26.7 Å². The van der Waals surface area contributed by atoms with Gasteiger partial charge in [0.05, 0.1) is 10.9 Å². The first-order valence-electron chi connectivity index (χ1n) is 11.8. The number of phenolic OH excluding ortho intramolecular Hbond substituents is 1. The average Bonchev–Trinajstić information content (AvgIpc) is 2.83. The lowest BCUT2D eigenvalue weighted by molar-refractivity contribution is 0.0618. The number of phenols is 1. The number of aliphatic hydroxyl groups is 1. The van der Waals surface area contributed by atoms with Crippen molar-refractivity contribution in [3.63, 3.8) is 0 Å². The zero-order valence-corrected chi connectivity index (χ0v) is 20.5. The molecule has 192 valence electrons. The van der Waals surface area contributed by atoms with Crippen molar-refractivity contribution in [3.05, 3.63) is 63.0 Å². The third kappa shape index (κ3) is 6.04. The largest absolute Gasteiger partial charge is 0.507 e. The van der Waals surface area contributed by atoms with E-state index in [2.05, 4.69) is 0 Å². The lowest BCUT2D eigenvalue weighted by Crippen LogP contribution is -2.25. The molecule has 3 aromatic rings. The number of hydrogen-bond acceptors (Lipinski definition) is 8. The number of aromatic carboxylic acids is 1. The maximum absolute atomic E-state index is 12.4. The van der Waals surface area contributed by atoms with E-state index in [0.29, 0.717) is 29.9 Å². The van der Waals surface area contributed by atoms with Crippen molar-refractivity contribution in [2.75, 3.05) is 13.2 Å². The fourth-order valence-corrected chi connectivity index (χ4v) is 3.88. The molecule has 0 saturated heterocycles. The molecule has 1 heterocycles. The molecule has 0 spiro atoms. The summed E-state index contributed by atoms with van der Waals surface area (Å²) < 4.78 is 16.9.